The van der Waals surface area contributed by atoms with Crippen molar-refractivity contribution < 1.29 is 25.8 Å². The molecule has 1 aliphatic rings. The number of halogens is 3. The van der Waals surface area contributed by atoms with Crippen LogP contribution in [0, 0.1) is 0 Å². The molecule has 1 aliphatic carbocycles. The summed E-state index contributed by atoms with van der Waals surface area (Å²) >= 11 is 0. The Kier molecular flexibility index (Phi) is 3.84. The lowest BCUT2D eigenvalue weighted by Crippen LogP contribution is -2.29. The van der Waals surface area contributed by atoms with E-state index < -0.39 is 15.6 Å². The highest BCUT2D eigenvalue weighted by molar-refractivity contribution is 7.87. The second-order valence-corrected chi connectivity index (χ2v) is 4.94. The van der Waals surface area contributed by atoms with E-state index in [-0.39, 0.29) is 18.2 Å². The Labute approximate surface area is 91.6 Å². The van der Waals surface area contributed by atoms with Crippen molar-refractivity contribution in [1.82, 2.24) is 5.32 Å². The zero-order valence-electron chi connectivity index (χ0n) is 8.54. The fraction of sp³-hybridized carbons (Fsp3) is 0.750. The molecule has 0 aromatic heterocycles. The van der Waals surface area contributed by atoms with Gasteiger partial charge in [-0.3, -0.25) is 0 Å². The van der Waals surface area contributed by atoms with Gasteiger partial charge in [0.15, 0.2) is 0 Å². The van der Waals surface area contributed by atoms with E-state index in [0.717, 1.165) is 6.42 Å². The lowest BCUT2D eigenvalue weighted by molar-refractivity contribution is -0.0524. The van der Waals surface area contributed by atoms with Gasteiger partial charge in [-0.2, -0.15) is 21.6 Å². The van der Waals surface area contributed by atoms with Gasteiger partial charge in [0.05, 0.1) is 0 Å². The van der Waals surface area contributed by atoms with Gasteiger partial charge in [-0.05, 0) is 26.0 Å². The zero-order valence-corrected chi connectivity index (χ0v) is 9.36. The van der Waals surface area contributed by atoms with E-state index in [2.05, 4.69) is 9.50 Å². The predicted octanol–water partition coefficient (Wildman–Crippen LogP) is 1.51. The van der Waals surface area contributed by atoms with Crippen LogP contribution in [0.15, 0.2) is 11.8 Å². The number of hydrogen-bond acceptors (Lipinski definition) is 4. The minimum atomic E-state index is -5.53. The van der Waals surface area contributed by atoms with Crippen LogP contribution < -0.4 is 5.32 Å². The molecule has 0 spiro atoms. The summed E-state index contributed by atoms with van der Waals surface area (Å²) in [4.78, 5) is 0. The summed E-state index contributed by atoms with van der Waals surface area (Å²) in [6.07, 6.45) is 2.90. The van der Waals surface area contributed by atoms with Crippen LogP contribution in [0.25, 0.3) is 0 Å². The average molecular weight is 259 g/mol. The molecule has 0 radical (unpaired) electrons. The standard InChI is InChI=1S/C8H12F3NO3S/c1-12-6-3-2-4-7(5-6)15-16(13,14)8(9,10)11/h5-6,12H,2-4H2,1H3. The predicted molar refractivity (Wildman–Crippen MR) is 50.8 cm³/mol. The first-order valence-electron chi connectivity index (χ1n) is 4.65. The highest BCUT2D eigenvalue weighted by atomic mass is 32.2. The van der Waals surface area contributed by atoms with E-state index in [1.165, 1.54) is 6.08 Å². The summed E-state index contributed by atoms with van der Waals surface area (Å²) in [6.45, 7) is 0. The van der Waals surface area contributed by atoms with Gasteiger partial charge in [0.1, 0.15) is 5.76 Å². The fourth-order valence-electron chi connectivity index (χ4n) is 1.37. The largest absolute Gasteiger partial charge is 0.534 e. The molecule has 0 aromatic rings. The van der Waals surface area contributed by atoms with Crippen molar-refractivity contribution in [2.24, 2.45) is 0 Å². The van der Waals surface area contributed by atoms with Gasteiger partial charge in [0.2, 0.25) is 0 Å². The minimum absolute atomic E-state index is 0.146. The molecule has 0 amide bonds. The molecule has 1 unspecified atom stereocenters. The van der Waals surface area contributed by atoms with Gasteiger partial charge in [-0.1, -0.05) is 0 Å². The molecule has 0 bridgehead atoms. The van der Waals surface area contributed by atoms with E-state index in [4.69, 9.17) is 0 Å². The van der Waals surface area contributed by atoms with Gasteiger partial charge in [0.25, 0.3) is 0 Å². The van der Waals surface area contributed by atoms with Crippen molar-refractivity contribution in [2.45, 2.75) is 30.8 Å². The monoisotopic (exact) mass is 259 g/mol. The molecule has 0 aliphatic heterocycles. The first-order chi connectivity index (χ1) is 7.26. The molecule has 0 fully saturated rings. The van der Waals surface area contributed by atoms with E-state index in [0.29, 0.717) is 6.42 Å². The van der Waals surface area contributed by atoms with Crippen LogP contribution in [-0.2, 0) is 14.3 Å². The number of nitrogens with one attached hydrogen (secondary N) is 1. The molecular formula is C8H12F3NO3S. The molecule has 94 valence electrons. The highest BCUT2D eigenvalue weighted by Crippen LogP contribution is 2.29. The number of likely N-dealkylation sites (N-methyl/N-ethyl adjacent to an activating group) is 1. The van der Waals surface area contributed by atoms with Gasteiger partial charge in [-0.25, -0.2) is 0 Å². The maximum absolute atomic E-state index is 12.0. The van der Waals surface area contributed by atoms with E-state index in [1.54, 1.807) is 7.05 Å². The Morgan fingerprint density at radius 1 is 1.50 bits per heavy atom. The molecule has 0 heterocycles. The van der Waals surface area contributed by atoms with Crippen LogP contribution >= 0.6 is 0 Å². The quantitative estimate of drug-likeness (QED) is 0.616. The van der Waals surface area contributed by atoms with Crippen LogP contribution in [0.4, 0.5) is 13.2 Å². The fourth-order valence-corrected chi connectivity index (χ4v) is 1.89. The van der Waals surface area contributed by atoms with Crippen LogP contribution in [0.2, 0.25) is 0 Å². The molecule has 1 N–H and O–H groups in total. The Morgan fingerprint density at radius 2 is 2.12 bits per heavy atom. The summed E-state index contributed by atoms with van der Waals surface area (Å²) < 4.78 is 61.5. The van der Waals surface area contributed by atoms with Gasteiger partial charge >= 0.3 is 15.6 Å². The van der Waals surface area contributed by atoms with Crippen molar-refractivity contribution >= 4 is 10.1 Å². The van der Waals surface area contributed by atoms with Crippen LogP contribution in [0.3, 0.4) is 0 Å². The number of hydrogen-bond donors (Lipinski definition) is 1. The van der Waals surface area contributed by atoms with Crippen LogP contribution in [-0.4, -0.2) is 27.0 Å². The first kappa shape index (κ1) is 13.3. The molecule has 0 aromatic carbocycles. The maximum atomic E-state index is 12.0. The van der Waals surface area contributed by atoms with Crippen molar-refractivity contribution in [3.63, 3.8) is 0 Å². The third kappa shape index (κ3) is 3.11. The van der Waals surface area contributed by atoms with Crippen molar-refractivity contribution in [3.8, 4) is 0 Å². The second kappa shape index (κ2) is 4.62. The summed E-state index contributed by atoms with van der Waals surface area (Å²) in [7, 11) is -3.88. The summed E-state index contributed by atoms with van der Waals surface area (Å²) in [6, 6.07) is -0.146. The van der Waals surface area contributed by atoms with Crippen molar-refractivity contribution in [1.29, 1.82) is 0 Å². The Hall–Kier alpha value is -0.760. The van der Waals surface area contributed by atoms with Crippen molar-refractivity contribution in [2.75, 3.05) is 7.05 Å². The Bertz CT molecular complexity index is 374. The van der Waals surface area contributed by atoms with Gasteiger partial charge in [0, 0.05) is 12.5 Å². The topological polar surface area (TPSA) is 55.4 Å². The maximum Gasteiger partial charge on any atom is 0.534 e. The Balaban J connectivity index is 2.79. The smallest absolute Gasteiger partial charge is 0.381 e. The summed E-state index contributed by atoms with van der Waals surface area (Å²) in [5.74, 6) is -0.150. The highest BCUT2D eigenvalue weighted by Gasteiger charge is 2.48. The molecule has 0 saturated carbocycles. The van der Waals surface area contributed by atoms with E-state index in [9.17, 15) is 21.6 Å². The van der Waals surface area contributed by atoms with E-state index in [1.807, 2.05) is 0 Å². The third-order valence-electron chi connectivity index (χ3n) is 2.20. The number of rotatable bonds is 3. The SMILES string of the molecule is CNC1C=C(OS(=O)(=O)C(F)(F)F)CCC1. The average Bonchev–Trinajstić information content (AvgIpc) is 2.15. The molecule has 16 heavy (non-hydrogen) atoms. The zero-order chi connectivity index (χ0) is 12.4. The number of alkyl halides is 3. The number of allylic oxidation sites excluding steroid dienone is 1. The molecule has 1 atom stereocenters. The summed E-state index contributed by atoms with van der Waals surface area (Å²) in [5, 5.41) is 2.83. The molecule has 1 rings (SSSR count). The lowest BCUT2D eigenvalue weighted by Gasteiger charge is -2.20. The van der Waals surface area contributed by atoms with Crippen LogP contribution in [0.5, 0.6) is 0 Å². The van der Waals surface area contributed by atoms with Gasteiger partial charge in [-0.15, -0.1) is 0 Å². The van der Waals surface area contributed by atoms with Crippen LogP contribution in [0.1, 0.15) is 19.3 Å². The molecule has 0 saturated heterocycles. The molecular weight excluding hydrogens is 247 g/mol. The van der Waals surface area contributed by atoms with Gasteiger partial charge < -0.3 is 9.50 Å². The molecule has 8 heteroatoms. The second-order valence-electron chi connectivity index (χ2n) is 3.40. The third-order valence-corrected chi connectivity index (χ3v) is 3.20. The minimum Gasteiger partial charge on any atom is -0.381 e. The molecule has 4 nitrogen and oxygen atoms in total. The van der Waals surface area contributed by atoms with E-state index >= 15 is 0 Å². The lowest BCUT2D eigenvalue weighted by atomic mass is 10.0. The first-order valence-corrected chi connectivity index (χ1v) is 6.06. The Morgan fingerprint density at radius 3 is 2.62 bits per heavy atom. The summed E-state index contributed by atoms with van der Waals surface area (Å²) in [5.41, 5.74) is -5.37. The normalized spacial score (nSPS) is 22.8. The van der Waals surface area contributed by atoms with Crippen molar-refractivity contribution in [3.05, 3.63) is 11.8 Å².